The zero-order valence-electron chi connectivity index (χ0n) is 21.8. The Bertz CT molecular complexity index is 1250. The van der Waals surface area contributed by atoms with Crippen molar-refractivity contribution in [2.75, 3.05) is 70.8 Å². The van der Waals surface area contributed by atoms with E-state index in [1.807, 2.05) is 24.4 Å². The summed E-state index contributed by atoms with van der Waals surface area (Å²) in [7, 11) is 0. The standard InChI is InChI=1S/C28H37ClN8O/c29-24-16-32-28(34-27(24)23-15-31-25-4-2-1-3-22(23)25)33-21-7-10-36(18-21)19-26(38)37-11-5-20(6-12-37)17-35-13-8-30-9-14-35/h1-4,15-16,20-21,30-31H,5-14,17-19H2,(H,32,33,34). The lowest BCUT2D eigenvalue weighted by Gasteiger charge is -2.36. The molecule has 0 spiro atoms. The second-order valence-electron chi connectivity index (χ2n) is 10.9. The third-order valence-corrected chi connectivity index (χ3v) is 8.52. The highest BCUT2D eigenvalue weighted by Crippen LogP contribution is 2.32. The summed E-state index contributed by atoms with van der Waals surface area (Å²) >= 11 is 6.49. The number of amides is 1. The van der Waals surface area contributed by atoms with Gasteiger partial charge in [0, 0.05) is 87.6 Å². The zero-order valence-corrected chi connectivity index (χ0v) is 22.6. The van der Waals surface area contributed by atoms with Crippen LogP contribution in [0.2, 0.25) is 5.02 Å². The molecule has 1 atom stereocenters. The summed E-state index contributed by atoms with van der Waals surface area (Å²) in [6.07, 6.45) is 6.79. The van der Waals surface area contributed by atoms with Gasteiger partial charge in [-0.2, -0.15) is 0 Å². The maximum Gasteiger partial charge on any atom is 0.236 e. The molecule has 3 aromatic rings. The minimum absolute atomic E-state index is 0.199. The summed E-state index contributed by atoms with van der Waals surface area (Å²) in [6.45, 7) is 9.63. The lowest BCUT2D eigenvalue weighted by atomic mass is 9.96. The van der Waals surface area contributed by atoms with Gasteiger partial charge < -0.3 is 25.4 Å². The maximum atomic E-state index is 13.0. The van der Waals surface area contributed by atoms with Crippen LogP contribution in [0.1, 0.15) is 19.3 Å². The average Bonchev–Trinajstić information content (AvgIpc) is 3.57. The highest BCUT2D eigenvalue weighted by atomic mass is 35.5. The van der Waals surface area contributed by atoms with Crippen LogP contribution in [0.4, 0.5) is 5.95 Å². The monoisotopic (exact) mass is 536 g/mol. The normalized spacial score (nSPS) is 21.8. The Balaban J connectivity index is 0.996. The summed E-state index contributed by atoms with van der Waals surface area (Å²) in [4.78, 5) is 32.4. The van der Waals surface area contributed by atoms with Crippen LogP contribution in [0, 0.1) is 5.92 Å². The molecule has 10 heteroatoms. The zero-order chi connectivity index (χ0) is 25.9. The van der Waals surface area contributed by atoms with E-state index in [4.69, 9.17) is 16.6 Å². The van der Waals surface area contributed by atoms with Crippen molar-refractivity contribution in [1.29, 1.82) is 0 Å². The van der Waals surface area contributed by atoms with Crippen LogP contribution in [0.15, 0.2) is 36.7 Å². The highest BCUT2D eigenvalue weighted by Gasteiger charge is 2.29. The number of carbonyl (C=O) groups is 1. The third kappa shape index (κ3) is 5.81. The molecule has 1 aromatic carbocycles. The number of likely N-dealkylation sites (tertiary alicyclic amines) is 2. The number of aromatic nitrogens is 3. The van der Waals surface area contributed by atoms with E-state index in [1.165, 1.54) is 6.54 Å². The molecule has 6 rings (SSSR count). The number of carbonyl (C=O) groups excluding carboxylic acids is 1. The Morgan fingerprint density at radius 2 is 1.87 bits per heavy atom. The van der Waals surface area contributed by atoms with Gasteiger partial charge in [-0.3, -0.25) is 9.69 Å². The molecule has 0 bridgehead atoms. The van der Waals surface area contributed by atoms with Crippen LogP contribution >= 0.6 is 11.6 Å². The molecule has 2 aromatic heterocycles. The first kappa shape index (κ1) is 25.6. The molecule has 9 nitrogen and oxygen atoms in total. The van der Waals surface area contributed by atoms with Gasteiger partial charge in [-0.25, -0.2) is 9.97 Å². The predicted molar refractivity (Wildman–Crippen MR) is 151 cm³/mol. The number of hydrogen-bond donors (Lipinski definition) is 3. The number of aromatic amines is 1. The fourth-order valence-electron chi connectivity index (χ4n) is 6.08. The minimum atomic E-state index is 0.199. The van der Waals surface area contributed by atoms with Gasteiger partial charge in [0.25, 0.3) is 0 Å². The van der Waals surface area contributed by atoms with E-state index < -0.39 is 0 Å². The molecule has 3 aliphatic heterocycles. The number of nitrogens with zero attached hydrogens (tertiary/aromatic N) is 5. The summed E-state index contributed by atoms with van der Waals surface area (Å²) < 4.78 is 0. The van der Waals surface area contributed by atoms with Crippen LogP contribution in [0.3, 0.4) is 0 Å². The number of halogens is 1. The minimum Gasteiger partial charge on any atom is -0.360 e. The highest BCUT2D eigenvalue weighted by molar-refractivity contribution is 6.33. The van der Waals surface area contributed by atoms with Crippen molar-refractivity contribution in [3.05, 3.63) is 41.7 Å². The topological polar surface area (TPSA) is 92.4 Å². The van der Waals surface area contributed by atoms with Crippen LogP contribution < -0.4 is 10.6 Å². The Labute approximate surface area is 228 Å². The first-order chi connectivity index (χ1) is 18.6. The van der Waals surface area contributed by atoms with Gasteiger partial charge >= 0.3 is 0 Å². The van der Waals surface area contributed by atoms with E-state index in [2.05, 4.69) is 41.4 Å². The van der Waals surface area contributed by atoms with Crippen LogP contribution in [0.25, 0.3) is 22.2 Å². The Kier molecular flexibility index (Phi) is 7.78. The van der Waals surface area contributed by atoms with Gasteiger partial charge in [-0.05, 0) is 31.2 Å². The van der Waals surface area contributed by atoms with Crippen molar-refractivity contribution >= 4 is 34.4 Å². The number of para-hydroxylation sites is 1. The van der Waals surface area contributed by atoms with E-state index in [0.717, 1.165) is 88.1 Å². The Hall–Kier alpha value is -2.72. The van der Waals surface area contributed by atoms with Crippen LogP contribution in [-0.4, -0.2) is 107 Å². The Morgan fingerprint density at radius 1 is 1.05 bits per heavy atom. The van der Waals surface area contributed by atoms with Crippen molar-refractivity contribution in [3.8, 4) is 11.3 Å². The number of rotatable bonds is 7. The van der Waals surface area contributed by atoms with E-state index in [0.29, 0.717) is 29.1 Å². The van der Waals surface area contributed by atoms with E-state index >= 15 is 0 Å². The molecule has 0 aliphatic carbocycles. The van der Waals surface area contributed by atoms with Crippen molar-refractivity contribution in [1.82, 2.24) is 35.0 Å². The maximum absolute atomic E-state index is 13.0. The summed E-state index contributed by atoms with van der Waals surface area (Å²) in [6, 6.07) is 8.32. The first-order valence-electron chi connectivity index (χ1n) is 13.9. The summed E-state index contributed by atoms with van der Waals surface area (Å²) in [5.74, 6) is 1.54. The molecule has 38 heavy (non-hydrogen) atoms. The lowest BCUT2D eigenvalue weighted by Crippen LogP contribution is -2.48. The number of fused-ring (bicyclic) bond motifs is 1. The predicted octanol–water partition coefficient (Wildman–Crippen LogP) is 2.91. The van der Waals surface area contributed by atoms with Crippen LogP contribution in [-0.2, 0) is 4.79 Å². The molecule has 3 N–H and O–H groups in total. The van der Waals surface area contributed by atoms with Gasteiger partial charge in [0.05, 0.1) is 23.5 Å². The quantitative estimate of drug-likeness (QED) is 0.427. The summed E-state index contributed by atoms with van der Waals surface area (Å²) in [5, 5.41) is 8.51. The molecule has 0 radical (unpaired) electrons. The van der Waals surface area contributed by atoms with Gasteiger partial charge in [0.2, 0.25) is 11.9 Å². The van der Waals surface area contributed by atoms with Gasteiger partial charge in [-0.1, -0.05) is 29.8 Å². The van der Waals surface area contributed by atoms with E-state index in [9.17, 15) is 4.79 Å². The fraction of sp³-hybridized carbons (Fsp3) is 0.536. The molecular weight excluding hydrogens is 500 g/mol. The number of anilines is 1. The lowest BCUT2D eigenvalue weighted by molar-refractivity contribution is -0.133. The molecule has 1 amide bonds. The van der Waals surface area contributed by atoms with Gasteiger partial charge in [0.15, 0.2) is 0 Å². The molecule has 3 fully saturated rings. The second kappa shape index (κ2) is 11.6. The number of hydrogen-bond acceptors (Lipinski definition) is 7. The molecule has 0 saturated carbocycles. The van der Waals surface area contributed by atoms with Crippen LogP contribution in [0.5, 0.6) is 0 Å². The summed E-state index contributed by atoms with van der Waals surface area (Å²) in [5.41, 5.74) is 2.73. The van der Waals surface area contributed by atoms with Crippen molar-refractivity contribution in [2.24, 2.45) is 5.92 Å². The molecular formula is C28H37ClN8O. The Morgan fingerprint density at radius 3 is 2.71 bits per heavy atom. The SMILES string of the molecule is O=C(CN1CCC(Nc2ncc(Cl)c(-c3c[nH]c4ccccc34)n2)C1)N1CCC(CN2CCNCC2)CC1. The molecule has 5 heterocycles. The molecule has 3 saturated heterocycles. The van der Waals surface area contributed by atoms with Crippen molar-refractivity contribution < 1.29 is 4.79 Å². The van der Waals surface area contributed by atoms with Gasteiger partial charge in [0.1, 0.15) is 0 Å². The molecule has 3 aliphatic rings. The fourth-order valence-corrected chi connectivity index (χ4v) is 6.28. The third-order valence-electron chi connectivity index (χ3n) is 8.25. The molecule has 1 unspecified atom stereocenters. The van der Waals surface area contributed by atoms with E-state index in [-0.39, 0.29) is 11.9 Å². The second-order valence-corrected chi connectivity index (χ2v) is 11.3. The molecule has 202 valence electrons. The van der Waals surface area contributed by atoms with Gasteiger partial charge in [-0.15, -0.1) is 0 Å². The smallest absolute Gasteiger partial charge is 0.236 e. The number of H-pyrrole nitrogens is 1. The van der Waals surface area contributed by atoms with Crippen molar-refractivity contribution in [2.45, 2.75) is 25.3 Å². The number of benzene rings is 1. The van der Waals surface area contributed by atoms with Crippen molar-refractivity contribution in [3.63, 3.8) is 0 Å². The number of piperidine rings is 1. The average molecular weight is 537 g/mol. The number of nitrogens with one attached hydrogen (secondary N) is 3. The largest absolute Gasteiger partial charge is 0.360 e. The van der Waals surface area contributed by atoms with E-state index in [1.54, 1.807) is 6.20 Å². The number of piperazine rings is 1. The first-order valence-corrected chi connectivity index (χ1v) is 14.3.